The van der Waals surface area contributed by atoms with Crippen molar-refractivity contribution in [3.05, 3.63) is 35.9 Å². The molecule has 10 atom stereocenters. The lowest BCUT2D eigenvalue weighted by atomic mass is 9.63. The highest BCUT2D eigenvalue weighted by atomic mass is 31.1. The van der Waals surface area contributed by atoms with E-state index >= 15 is 0 Å². The maximum Gasteiger partial charge on any atom is -0.00654 e. The Morgan fingerprint density at radius 2 is 1.37 bits per heavy atom. The largest absolute Gasteiger partial charge is 0.0921 e. The highest BCUT2D eigenvalue weighted by Gasteiger charge is 2.62. The zero-order valence-electron chi connectivity index (χ0n) is 19.6. The molecule has 1 aromatic carbocycles. The molecule has 6 aliphatic carbocycles. The van der Waals surface area contributed by atoms with Gasteiger partial charge in [-0.3, -0.25) is 0 Å². The summed E-state index contributed by atoms with van der Waals surface area (Å²) in [6, 6.07) is 11.7. The predicted octanol–water partition coefficient (Wildman–Crippen LogP) is 8.34. The maximum atomic E-state index is 2.62. The van der Waals surface area contributed by atoms with Crippen molar-refractivity contribution in [2.75, 3.05) is 0 Å². The molecule has 6 aliphatic rings. The van der Waals surface area contributed by atoms with Crippen LogP contribution in [0.2, 0.25) is 0 Å². The summed E-state index contributed by atoms with van der Waals surface area (Å²) in [7, 11) is 0.0839. The Bertz CT molecular complexity index is 737. The average Bonchev–Trinajstić information content (AvgIpc) is 2.89. The Hall–Kier alpha value is -0.350. The fraction of sp³-hybridized carbons (Fsp3) is 0.793. The SMILES string of the molecule is CC1CC(C)CC2CC(C1)C2P(Cc1ccccc1)C12CC(C)CC3CC(C1)C3C2. The molecule has 1 heteroatoms. The summed E-state index contributed by atoms with van der Waals surface area (Å²) in [6.45, 7) is 7.75. The van der Waals surface area contributed by atoms with E-state index in [1.165, 1.54) is 12.6 Å². The molecule has 6 saturated carbocycles. The molecule has 0 nitrogen and oxygen atoms in total. The molecule has 0 heterocycles. The lowest BCUT2D eigenvalue weighted by Gasteiger charge is -2.58. The van der Waals surface area contributed by atoms with Crippen molar-refractivity contribution in [2.24, 2.45) is 47.3 Å². The van der Waals surface area contributed by atoms with Crippen molar-refractivity contribution in [1.82, 2.24) is 0 Å². The summed E-state index contributed by atoms with van der Waals surface area (Å²) in [5, 5.41) is 0.735. The Balaban J connectivity index is 1.36. The molecular weight excluding hydrogens is 379 g/mol. The van der Waals surface area contributed by atoms with Crippen molar-refractivity contribution in [3.8, 4) is 0 Å². The Kier molecular flexibility index (Phi) is 5.14. The van der Waals surface area contributed by atoms with Crippen LogP contribution in [0.1, 0.15) is 84.1 Å². The molecule has 0 amide bonds. The van der Waals surface area contributed by atoms with Gasteiger partial charge in [-0.1, -0.05) is 59.0 Å². The zero-order valence-corrected chi connectivity index (χ0v) is 20.5. The molecule has 30 heavy (non-hydrogen) atoms. The molecule has 4 bridgehead atoms. The van der Waals surface area contributed by atoms with E-state index in [-0.39, 0.29) is 7.92 Å². The van der Waals surface area contributed by atoms with E-state index < -0.39 is 0 Å². The van der Waals surface area contributed by atoms with Gasteiger partial charge < -0.3 is 0 Å². The van der Waals surface area contributed by atoms with Gasteiger partial charge in [-0.05, 0) is 128 Å². The number of benzene rings is 1. The first-order valence-corrected chi connectivity index (χ1v) is 14.9. The highest BCUT2D eigenvalue weighted by Crippen LogP contribution is 2.77. The van der Waals surface area contributed by atoms with Gasteiger partial charge in [0.15, 0.2) is 0 Å². The van der Waals surface area contributed by atoms with E-state index in [1.807, 2.05) is 0 Å². The molecule has 164 valence electrons. The predicted molar refractivity (Wildman–Crippen MR) is 130 cm³/mol. The van der Waals surface area contributed by atoms with Gasteiger partial charge in [-0.25, -0.2) is 0 Å². The third-order valence-corrected chi connectivity index (χ3v) is 14.5. The standard InChI is InChI=1S/C29H43P/c1-19-9-20(2)11-25-14-24(10-19)28(25)30(18-22-7-5-4-6-8-22)29-15-21(3)12-23-13-26(16-29)27(23)17-29/h4-8,19-21,23-28H,9-18H2,1-3H3. The summed E-state index contributed by atoms with van der Waals surface area (Å²) >= 11 is 0. The first-order chi connectivity index (χ1) is 14.5. The molecule has 1 aromatic rings. The molecule has 0 saturated heterocycles. The first-order valence-electron chi connectivity index (χ1n) is 13.3. The van der Waals surface area contributed by atoms with E-state index in [0.29, 0.717) is 0 Å². The van der Waals surface area contributed by atoms with E-state index in [0.717, 1.165) is 58.2 Å². The van der Waals surface area contributed by atoms with Crippen LogP contribution in [0.15, 0.2) is 30.3 Å². The quantitative estimate of drug-likeness (QED) is 0.428. The van der Waals surface area contributed by atoms with E-state index in [9.17, 15) is 0 Å². The molecule has 0 aromatic heterocycles. The van der Waals surface area contributed by atoms with E-state index in [4.69, 9.17) is 0 Å². The summed E-state index contributed by atoms with van der Waals surface area (Å²) in [5.41, 5.74) is 2.75. The minimum absolute atomic E-state index is 0.0839. The summed E-state index contributed by atoms with van der Waals surface area (Å²) < 4.78 is 0. The van der Waals surface area contributed by atoms with E-state index in [2.05, 4.69) is 51.1 Å². The Labute approximate surface area is 186 Å². The van der Waals surface area contributed by atoms with Gasteiger partial charge in [0.1, 0.15) is 0 Å². The van der Waals surface area contributed by atoms with Crippen LogP contribution in [0, 0.1) is 47.3 Å². The third-order valence-electron chi connectivity index (χ3n) is 10.5. The Morgan fingerprint density at radius 1 is 0.700 bits per heavy atom. The smallest absolute Gasteiger partial charge is 0.00654 e. The van der Waals surface area contributed by atoms with Crippen LogP contribution < -0.4 is 0 Å². The van der Waals surface area contributed by atoms with Gasteiger partial charge in [0.2, 0.25) is 0 Å². The monoisotopic (exact) mass is 422 g/mol. The third kappa shape index (κ3) is 3.34. The van der Waals surface area contributed by atoms with Gasteiger partial charge in [-0.2, -0.15) is 0 Å². The van der Waals surface area contributed by atoms with Gasteiger partial charge in [0.25, 0.3) is 0 Å². The second-order valence-corrected chi connectivity index (χ2v) is 15.7. The van der Waals surface area contributed by atoms with Crippen molar-refractivity contribution in [1.29, 1.82) is 0 Å². The fourth-order valence-electron chi connectivity index (χ4n) is 9.66. The Morgan fingerprint density at radius 3 is 2.10 bits per heavy atom. The van der Waals surface area contributed by atoms with Crippen molar-refractivity contribution in [3.63, 3.8) is 0 Å². The fourth-order valence-corrected chi connectivity index (χ4v) is 14.4. The maximum absolute atomic E-state index is 2.62. The number of hydrogen-bond donors (Lipinski definition) is 0. The summed E-state index contributed by atoms with van der Waals surface area (Å²) in [4.78, 5) is 0. The molecule has 10 unspecified atom stereocenters. The van der Waals surface area contributed by atoms with Crippen LogP contribution in [-0.4, -0.2) is 10.8 Å². The normalized spacial score (nSPS) is 50.4. The van der Waals surface area contributed by atoms with Crippen LogP contribution in [0.4, 0.5) is 0 Å². The van der Waals surface area contributed by atoms with Crippen LogP contribution in [0.3, 0.4) is 0 Å². The zero-order chi connectivity index (χ0) is 20.5. The van der Waals surface area contributed by atoms with Gasteiger partial charge in [-0.15, -0.1) is 0 Å². The molecule has 6 fully saturated rings. The van der Waals surface area contributed by atoms with Crippen LogP contribution in [0.5, 0.6) is 0 Å². The first kappa shape index (κ1) is 20.3. The second-order valence-electron chi connectivity index (χ2n) is 12.9. The number of fused-ring (bicyclic) bond motifs is 5. The molecule has 0 aliphatic heterocycles. The second kappa shape index (κ2) is 7.61. The van der Waals surface area contributed by atoms with Crippen molar-refractivity contribution < 1.29 is 0 Å². The minimum atomic E-state index is 0.0839. The minimum Gasteiger partial charge on any atom is -0.0921 e. The molecule has 0 spiro atoms. The van der Waals surface area contributed by atoms with E-state index in [1.54, 1.807) is 56.9 Å². The molecule has 0 N–H and O–H groups in total. The summed E-state index contributed by atoms with van der Waals surface area (Å²) in [6.07, 6.45) is 15.6. The molecule has 7 rings (SSSR count). The van der Waals surface area contributed by atoms with Gasteiger partial charge in [0, 0.05) is 0 Å². The number of rotatable bonds is 4. The average molecular weight is 423 g/mol. The van der Waals surface area contributed by atoms with Crippen LogP contribution in [-0.2, 0) is 6.16 Å². The van der Waals surface area contributed by atoms with Crippen molar-refractivity contribution in [2.45, 2.75) is 95.5 Å². The number of hydrogen-bond acceptors (Lipinski definition) is 0. The van der Waals surface area contributed by atoms with Crippen LogP contribution in [0.25, 0.3) is 0 Å². The van der Waals surface area contributed by atoms with Crippen LogP contribution >= 0.6 is 7.92 Å². The highest BCUT2D eigenvalue weighted by molar-refractivity contribution is 7.59. The lowest BCUT2D eigenvalue weighted by molar-refractivity contribution is 0.0793. The lowest BCUT2D eigenvalue weighted by Crippen LogP contribution is -2.48. The van der Waals surface area contributed by atoms with Gasteiger partial charge >= 0.3 is 0 Å². The van der Waals surface area contributed by atoms with Gasteiger partial charge in [0.05, 0.1) is 0 Å². The van der Waals surface area contributed by atoms with Crippen molar-refractivity contribution >= 4 is 7.92 Å². The molecular formula is C29H43P. The molecule has 0 radical (unpaired) electrons. The summed E-state index contributed by atoms with van der Waals surface area (Å²) in [5.74, 6) is 8.36. The topological polar surface area (TPSA) is 0 Å².